The van der Waals surface area contributed by atoms with E-state index in [0.717, 1.165) is 0 Å². The van der Waals surface area contributed by atoms with Gasteiger partial charge >= 0.3 is 0 Å². The van der Waals surface area contributed by atoms with Crippen molar-refractivity contribution in [3.63, 3.8) is 0 Å². The van der Waals surface area contributed by atoms with Crippen LogP contribution in [0.5, 0.6) is 0 Å². The fourth-order valence-electron chi connectivity index (χ4n) is 0.805. The zero-order valence-electron chi connectivity index (χ0n) is 7.43. The zero-order valence-corrected chi connectivity index (χ0v) is 9.82. The van der Waals surface area contributed by atoms with E-state index in [1.165, 1.54) is 23.1 Å². The van der Waals surface area contributed by atoms with Crippen molar-refractivity contribution in [3.8, 4) is 0 Å². The summed E-state index contributed by atoms with van der Waals surface area (Å²) in [5.74, 6) is 0.482. The fourth-order valence-corrected chi connectivity index (χ4v) is 2.83. The quantitative estimate of drug-likeness (QED) is 0.791. The maximum Gasteiger partial charge on any atom is 0.283 e. The Morgan fingerprint density at radius 3 is 2.87 bits per heavy atom. The molecule has 0 unspecified atom stereocenters. The summed E-state index contributed by atoms with van der Waals surface area (Å²) in [6.45, 7) is 1.70. The molecule has 0 radical (unpaired) electrons. The van der Waals surface area contributed by atoms with E-state index in [0.29, 0.717) is 26.6 Å². The van der Waals surface area contributed by atoms with Gasteiger partial charge in [0.05, 0.1) is 0 Å². The highest BCUT2D eigenvalue weighted by atomic mass is 35.5. The summed E-state index contributed by atoms with van der Waals surface area (Å²) in [6, 6.07) is 0. The number of aryl methyl sites for hydroxylation is 1. The first-order valence-corrected chi connectivity index (χ1v) is 5.79. The summed E-state index contributed by atoms with van der Waals surface area (Å²) in [4.78, 5) is 14.9. The van der Waals surface area contributed by atoms with Gasteiger partial charge in [-0.15, -0.1) is 21.5 Å². The lowest BCUT2D eigenvalue weighted by molar-refractivity contribution is 0.112. The molecule has 0 spiro atoms. The van der Waals surface area contributed by atoms with Gasteiger partial charge in [-0.05, 0) is 0 Å². The van der Waals surface area contributed by atoms with Crippen LogP contribution in [0.25, 0.3) is 0 Å². The van der Waals surface area contributed by atoms with E-state index >= 15 is 0 Å². The van der Waals surface area contributed by atoms with E-state index in [4.69, 9.17) is 16.0 Å². The Morgan fingerprint density at radius 2 is 2.33 bits per heavy atom. The number of hydrogen-bond acceptors (Lipinski definition) is 7. The number of hydrogen-bond donors (Lipinski definition) is 0. The molecule has 15 heavy (non-hydrogen) atoms. The number of halogens is 1. The highest BCUT2D eigenvalue weighted by molar-refractivity contribution is 8.00. The number of aromatic nitrogens is 3. The average molecular weight is 262 g/mol. The molecule has 2 heterocycles. The van der Waals surface area contributed by atoms with Gasteiger partial charge in [-0.3, -0.25) is 4.79 Å². The Kier molecular flexibility index (Phi) is 3.03. The lowest BCUT2D eigenvalue weighted by Crippen LogP contribution is -1.72. The number of carbonyl (C=O) groups excluding carboxylic acids is 1. The second-order valence-corrected chi connectivity index (χ2v) is 5.03. The number of nitrogens with zero attached hydrogens (tertiary/aromatic N) is 3. The maximum atomic E-state index is 10.5. The number of aldehydes is 1. The molecular formula is C7H4ClN3O2S2. The Balaban J connectivity index is 2.20. The molecule has 0 atom stereocenters. The van der Waals surface area contributed by atoms with Gasteiger partial charge in [0.15, 0.2) is 15.8 Å². The van der Waals surface area contributed by atoms with E-state index < -0.39 is 0 Å². The predicted octanol–water partition coefficient (Wildman–Crippen LogP) is 2.45. The summed E-state index contributed by atoms with van der Waals surface area (Å²) in [5, 5.41) is 8.04. The number of carbonyl (C=O) groups is 1. The van der Waals surface area contributed by atoms with Crippen molar-refractivity contribution in [3.05, 3.63) is 15.9 Å². The van der Waals surface area contributed by atoms with Crippen LogP contribution in [0, 0.1) is 6.92 Å². The second kappa shape index (κ2) is 4.30. The molecule has 78 valence electrons. The molecule has 0 fully saturated rings. The molecular weight excluding hydrogens is 258 g/mol. The number of thiazole rings is 1. The lowest BCUT2D eigenvalue weighted by atomic mass is 10.6. The van der Waals surface area contributed by atoms with Crippen LogP contribution in [0.3, 0.4) is 0 Å². The Hall–Kier alpha value is -0.920. The van der Waals surface area contributed by atoms with E-state index in [9.17, 15) is 4.79 Å². The van der Waals surface area contributed by atoms with Crippen LogP contribution in [0.4, 0.5) is 0 Å². The smallest absolute Gasteiger partial charge is 0.283 e. The number of rotatable bonds is 3. The Bertz CT molecular complexity index is 496. The van der Waals surface area contributed by atoms with Gasteiger partial charge in [-0.25, -0.2) is 4.98 Å². The van der Waals surface area contributed by atoms with Crippen LogP contribution in [0.15, 0.2) is 14.0 Å². The topological polar surface area (TPSA) is 68.9 Å². The summed E-state index contributed by atoms with van der Waals surface area (Å²) >= 11 is 8.07. The molecule has 2 aromatic rings. The minimum absolute atomic E-state index is 0.203. The minimum Gasteiger partial charge on any atom is -0.416 e. The molecule has 0 aliphatic carbocycles. The van der Waals surface area contributed by atoms with Gasteiger partial charge in [0.2, 0.25) is 5.89 Å². The minimum atomic E-state index is 0.203. The molecule has 2 aromatic heterocycles. The average Bonchev–Trinajstić information content (AvgIpc) is 2.73. The Labute approximate surface area is 97.9 Å². The van der Waals surface area contributed by atoms with Crippen molar-refractivity contribution in [2.75, 3.05) is 0 Å². The van der Waals surface area contributed by atoms with Gasteiger partial charge in [0.1, 0.15) is 4.88 Å². The Morgan fingerprint density at radius 1 is 1.53 bits per heavy atom. The molecule has 0 bridgehead atoms. The molecule has 2 rings (SSSR count). The summed E-state index contributed by atoms with van der Waals surface area (Å²) in [7, 11) is 0. The van der Waals surface area contributed by atoms with Gasteiger partial charge < -0.3 is 4.42 Å². The van der Waals surface area contributed by atoms with Gasteiger partial charge in [0.25, 0.3) is 5.22 Å². The van der Waals surface area contributed by atoms with Gasteiger partial charge in [-0.1, -0.05) is 11.6 Å². The van der Waals surface area contributed by atoms with E-state index in [1.54, 1.807) is 6.92 Å². The molecule has 0 amide bonds. The molecule has 0 aliphatic rings. The van der Waals surface area contributed by atoms with E-state index in [-0.39, 0.29) is 5.15 Å². The van der Waals surface area contributed by atoms with Gasteiger partial charge in [0, 0.05) is 18.7 Å². The maximum absolute atomic E-state index is 10.5. The first kappa shape index (κ1) is 10.6. The molecule has 0 saturated heterocycles. The SMILES string of the molecule is Cc1nnc(Sc2nc(Cl)c(C=O)s2)o1. The first-order valence-electron chi connectivity index (χ1n) is 3.78. The summed E-state index contributed by atoms with van der Waals surface area (Å²) in [6.07, 6.45) is 0.670. The normalized spacial score (nSPS) is 10.5. The first-order chi connectivity index (χ1) is 7.19. The molecule has 8 heteroatoms. The molecule has 0 aromatic carbocycles. The van der Waals surface area contributed by atoms with Crippen molar-refractivity contribution in [1.82, 2.24) is 15.2 Å². The zero-order chi connectivity index (χ0) is 10.8. The van der Waals surface area contributed by atoms with E-state index in [1.807, 2.05) is 0 Å². The fraction of sp³-hybridized carbons (Fsp3) is 0.143. The van der Waals surface area contributed by atoms with Crippen molar-refractivity contribution < 1.29 is 9.21 Å². The van der Waals surface area contributed by atoms with Crippen LogP contribution in [0.2, 0.25) is 5.15 Å². The molecule has 0 aliphatic heterocycles. The highest BCUT2D eigenvalue weighted by Gasteiger charge is 2.12. The van der Waals surface area contributed by atoms with Crippen molar-refractivity contribution in [1.29, 1.82) is 0 Å². The van der Waals surface area contributed by atoms with Crippen LogP contribution in [0.1, 0.15) is 15.6 Å². The molecule has 5 nitrogen and oxygen atoms in total. The van der Waals surface area contributed by atoms with E-state index in [2.05, 4.69) is 15.2 Å². The van der Waals surface area contributed by atoms with Crippen LogP contribution < -0.4 is 0 Å². The van der Waals surface area contributed by atoms with Crippen LogP contribution >= 0.6 is 34.7 Å². The summed E-state index contributed by atoms with van der Waals surface area (Å²) < 4.78 is 5.75. The second-order valence-electron chi connectivity index (χ2n) is 2.44. The predicted molar refractivity (Wildman–Crippen MR) is 55.7 cm³/mol. The van der Waals surface area contributed by atoms with Crippen molar-refractivity contribution in [2.45, 2.75) is 16.5 Å². The van der Waals surface area contributed by atoms with Crippen LogP contribution in [-0.2, 0) is 0 Å². The van der Waals surface area contributed by atoms with Crippen LogP contribution in [-0.4, -0.2) is 21.5 Å². The van der Waals surface area contributed by atoms with Gasteiger partial charge in [-0.2, -0.15) is 0 Å². The summed E-state index contributed by atoms with van der Waals surface area (Å²) in [5.41, 5.74) is 0. The van der Waals surface area contributed by atoms with Crippen molar-refractivity contribution >= 4 is 41.0 Å². The third-order valence-electron chi connectivity index (χ3n) is 1.38. The largest absolute Gasteiger partial charge is 0.416 e. The third kappa shape index (κ3) is 2.36. The van der Waals surface area contributed by atoms with Crippen molar-refractivity contribution in [2.24, 2.45) is 0 Å². The molecule has 0 N–H and O–H groups in total. The lowest BCUT2D eigenvalue weighted by Gasteiger charge is -1.85. The molecule has 0 saturated carbocycles. The third-order valence-corrected chi connectivity index (χ3v) is 3.66. The highest BCUT2D eigenvalue weighted by Crippen LogP contribution is 2.33. The monoisotopic (exact) mass is 261 g/mol. The standard InChI is InChI=1S/C7H4ClN3O2S2/c1-3-10-11-6(13-3)15-7-9-5(8)4(2-12)14-7/h2H,1H3.